The van der Waals surface area contributed by atoms with Crippen molar-refractivity contribution in [3.05, 3.63) is 17.5 Å². The summed E-state index contributed by atoms with van der Waals surface area (Å²) in [5.74, 6) is 1.37. The van der Waals surface area contributed by atoms with Crippen molar-refractivity contribution >= 4 is 28.5 Å². The van der Waals surface area contributed by atoms with Crippen LogP contribution in [0, 0.1) is 5.92 Å². The summed E-state index contributed by atoms with van der Waals surface area (Å²) < 4.78 is 0. The van der Waals surface area contributed by atoms with E-state index >= 15 is 0 Å². The van der Waals surface area contributed by atoms with Crippen molar-refractivity contribution in [1.29, 1.82) is 0 Å². The lowest BCUT2D eigenvalue weighted by Gasteiger charge is -2.33. The number of nitrogens with zero attached hydrogens (tertiary/aromatic N) is 3. The Morgan fingerprint density at radius 3 is 2.85 bits per heavy atom. The van der Waals surface area contributed by atoms with E-state index in [4.69, 9.17) is 17.3 Å². The largest absolute Gasteiger partial charge is 0.356 e. The van der Waals surface area contributed by atoms with E-state index in [0.29, 0.717) is 18.5 Å². The smallest absolute Gasteiger partial charge is 0.226 e. The number of aromatic nitrogens is 3. The number of aromatic amines is 1. The highest BCUT2D eigenvalue weighted by molar-refractivity contribution is 6.28. The molecule has 0 aliphatic rings. The predicted octanol–water partition coefficient (Wildman–Crippen LogP) is 2.81. The second-order valence-corrected chi connectivity index (χ2v) is 5.54. The number of nitrogens with one attached hydrogen (secondary N) is 1. The van der Waals surface area contributed by atoms with Crippen molar-refractivity contribution in [2.24, 2.45) is 11.7 Å². The summed E-state index contributed by atoms with van der Waals surface area (Å²) in [7, 11) is 2.06. The normalized spacial score (nSPS) is 14.4. The molecule has 0 aromatic carbocycles. The van der Waals surface area contributed by atoms with E-state index in [1.165, 1.54) is 0 Å². The van der Waals surface area contributed by atoms with Gasteiger partial charge in [-0.25, -0.2) is 0 Å². The van der Waals surface area contributed by atoms with E-state index in [2.05, 4.69) is 40.7 Å². The Hall–Kier alpha value is -1.33. The van der Waals surface area contributed by atoms with Gasteiger partial charge in [-0.3, -0.25) is 0 Å². The standard InChI is InChI=1S/C14H22ClN5/c1-4-11(9(2)5-7-16)20(3)13-10-6-8-17-12(10)18-14(15)19-13/h6,8-9,11H,4-5,7,16H2,1-3H3,(H,17,18,19)/t9-,11+/m1/s1. The van der Waals surface area contributed by atoms with Crippen LogP contribution in [0.15, 0.2) is 12.3 Å². The molecule has 0 saturated heterocycles. The molecule has 0 amide bonds. The van der Waals surface area contributed by atoms with Gasteiger partial charge >= 0.3 is 0 Å². The Morgan fingerprint density at radius 2 is 2.20 bits per heavy atom. The molecule has 2 atom stereocenters. The van der Waals surface area contributed by atoms with Crippen molar-refractivity contribution in [2.45, 2.75) is 32.7 Å². The molecule has 0 fully saturated rings. The highest BCUT2D eigenvalue weighted by Gasteiger charge is 2.23. The van der Waals surface area contributed by atoms with Crippen molar-refractivity contribution in [3.63, 3.8) is 0 Å². The van der Waals surface area contributed by atoms with Crippen LogP contribution in [-0.4, -0.2) is 34.6 Å². The Balaban J connectivity index is 2.38. The highest BCUT2D eigenvalue weighted by Crippen LogP contribution is 2.28. The lowest BCUT2D eigenvalue weighted by atomic mass is 9.95. The van der Waals surface area contributed by atoms with Crippen molar-refractivity contribution in [3.8, 4) is 0 Å². The van der Waals surface area contributed by atoms with Crippen molar-refractivity contribution < 1.29 is 0 Å². The number of rotatable bonds is 6. The molecule has 110 valence electrons. The molecule has 0 radical (unpaired) electrons. The first-order valence-corrected chi connectivity index (χ1v) is 7.39. The fraction of sp³-hybridized carbons (Fsp3) is 0.571. The molecule has 0 aliphatic heterocycles. The fourth-order valence-corrected chi connectivity index (χ4v) is 3.00. The van der Waals surface area contributed by atoms with Gasteiger partial charge in [0.2, 0.25) is 5.28 Å². The van der Waals surface area contributed by atoms with Gasteiger partial charge in [-0.2, -0.15) is 9.97 Å². The van der Waals surface area contributed by atoms with Gasteiger partial charge in [-0.05, 0) is 43.0 Å². The molecule has 6 heteroatoms. The quantitative estimate of drug-likeness (QED) is 0.804. The number of hydrogen-bond acceptors (Lipinski definition) is 4. The van der Waals surface area contributed by atoms with Gasteiger partial charge in [0.1, 0.15) is 11.5 Å². The van der Waals surface area contributed by atoms with Crippen LogP contribution in [-0.2, 0) is 0 Å². The molecule has 0 unspecified atom stereocenters. The van der Waals surface area contributed by atoms with Crippen LogP contribution in [0.5, 0.6) is 0 Å². The van der Waals surface area contributed by atoms with Gasteiger partial charge in [0.15, 0.2) is 0 Å². The Labute approximate surface area is 124 Å². The van der Waals surface area contributed by atoms with Crippen LogP contribution in [0.4, 0.5) is 5.82 Å². The van der Waals surface area contributed by atoms with Gasteiger partial charge in [0.05, 0.1) is 5.39 Å². The zero-order valence-corrected chi connectivity index (χ0v) is 13.0. The van der Waals surface area contributed by atoms with Gasteiger partial charge in [-0.1, -0.05) is 13.8 Å². The maximum atomic E-state index is 6.02. The minimum Gasteiger partial charge on any atom is -0.356 e. The highest BCUT2D eigenvalue weighted by atomic mass is 35.5. The predicted molar refractivity (Wildman–Crippen MR) is 84.2 cm³/mol. The maximum Gasteiger partial charge on any atom is 0.226 e. The van der Waals surface area contributed by atoms with E-state index in [-0.39, 0.29) is 5.28 Å². The topological polar surface area (TPSA) is 70.8 Å². The molecule has 0 bridgehead atoms. The number of halogens is 1. The SMILES string of the molecule is CC[C@@H]([C@H](C)CCN)N(C)c1nc(Cl)nc2[nH]ccc12. The minimum absolute atomic E-state index is 0.267. The third kappa shape index (κ3) is 2.88. The molecule has 2 aromatic rings. The average Bonchev–Trinajstić information content (AvgIpc) is 2.86. The van der Waals surface area contributed by atoms with Crippen LogP contribution in [0.2, 0.25) is 5.28 Å². The summed E-state index contributed by atoms with van der Waals surface area (Å²) in [6.45, 7) is 5.12. The molecule has 2 aromatic heterocycles. The molecule has 2 rings (SSSR count). The van der Waals surface area contributed by atoms with Crippen LogP contribution < -0.4 is 10.6 Å². The van der Waals surface area contributed by atoms with Gasteiger partial charge < -0.3 is 15.6 Å². The summed E-state index contributed by atoms with van der Waals surface area (Å²) in [5, 5.41) is 1.26. The number of fused-ring (bicyclic) bond motifs is 1. The Kier molecular flexibility index (Phi) is 4.83. The minimum atomic E-state index is 0.267. The van der Waals surface area contributed by atoms with E-state index in [0.717, 1.165) is 29.7 Å². The zero-order chi connectivity index (χ0) is 14.7. The first-order chi connectivity index (χ1) is 9.58. The lowest BCUT2D eigenvalue weighted by Crippen LogP contribution is -2.38. The second kappa shape index (κ2) is 6.41. The van der Waals surface area contributed by atoms with Crippen LogP contribution in [0.25, 0.3) is 11.0 Å². The number of H-pyrrole nitrogens is 1. The van der Waals surface area contributed by atoms with Gasteiger partial charge in [0, 0.05) is 19.3 Å². The fourth-order valence-electron chi connectivity index (χ4n) is 2.84. The lowest BCUT2D eigenvalue weighted by molar-refractivity contribution is 0.406. The molecule has 5 nitrogen and oxygen atoms in total. The zero-order valence-electron chi connectivity index (χ0n) is 12.2. The molecule has 0 spiro atoms. The molecular formula is C14H22ClN5. The summed E-state index contributed by atoms with van der Waals surface area (Å²) >= 11 is 6.02. The third-order valence-electron chi connectivity index (χ3n) is 3.90. The number of nitrogens with two attached hydrogens (primary N) is 1. The average molecular weight is 296 g/mol. The van der Waals surface area contributed by atoms with Crippen molar-refractivity contribution in [2.75, 3.05) is 18.5 Å². The summed E-state index contributed by atoms with van der Waals surface area (Å²) in [4.78, 5) is 13.9. The van der Waals surface area contributed by atoms with E-state index < -0.39 is 0 Å². The van der Waals surface area contributed by atoms with Crippen LogP contribution in [0.1, 0.15) is 26.7 Å². The van der Waals surface area contributed by atoms with E-state index in [1.54, 1.807) is 0 Å². The van der Waals surface area contributed by atoms with Crippen LogP contribution in [0.3, 0.4) is 0 Å². The Bertz CT molecular complexity index is 568. The van der Waals surface area contributed by atoms with E-state index in [1.807, 2.05) is 12.3 Å². The molecule has 2 heterocycles. The molecule has 3 N–H and O–H groups in total. The molecule has 0 aliphatic carbocycles. The van der Waals surface area contributed by atoms with Gasteiger partial charge in [0.25, 0.3) is 0 Å². The third-order valence-corrected chi connectivity index (χ3v) is 4.07. The van der Waals surface area contributed by atoms with Crippen molar-refractivity contribution in [1.82, 2.24) is 15.0 Å². The molecular weight excluding hydrogens is 274 g/mol. The number of anilines is 1. The maximum absolute atomic E-state index is 6.02. The molecule has 0 saturated carbocycles. The summed E-state index contributed by atoms with van der Waals surface area (Å²) in [6, 6.07) is 2.36. The van der Waals surface area contributed by atoms with Gasteiger partial charge in [-0.15, -0.1) is 0 Å². The van der Waals surface area contributed by atoms with E-state index in [9.17, 15) is 0 Å². The first kappa shape index (κ1) is 15.1. The summed E-state index contributed by atoms with van der Waals surface area (Å²) in [5.41, 5.74) is 6.46. The monoisotopic (exact) mass is 295 g/mol. The first-order valence-electron chi connectivity index (χ1n) is 7.02. The second-order valence-electron chi connectivity index (χ2n) is 5.20. The van der Waals surface area contributed by atoms with Crippen LogP contribution >= 0.6 is 11.6 Å². The molecule has 20 heavy (non-hydrogen) atoms. The Morgan fingerprint density at radius 1 is 1.45 bits per heavy atom. The number of hydrogen-bond donors (Lipinski definition) is 2. The summed E-state index contributed by atoms with van der Waals surface area (Å²) in [6.07, 6.45) is 3.89.